The molecular weight excluding hydrogens is 252 g/mol. The maximum absolute atomic E-state index is 6.17. The van der Waals surface area contributed by atoms with Gasteiger partial charge >= 0.3 is 0 Å². The monoisotopic (exact) mass is 278 g/mol. The predicted molar refractivity (Wildman–Crippen MR) is 81.8 cm³/mol. The topological polar surface area (TPSA) is 33.7 Å². The molecule has 0 unspecified atom stereocenters. The molecule has 1 aromatic rings. The summed E-state index contributed by atoms with van der Waals surface area (Å²) in [6.07, 6.45) is 3.48. The van der Waals surface area contributed by atoms with Gasteiger partial charge in [-0.05, 0) is 57.6 Å². The second-order valence-corrected chi connectivity index (χ2v) is 5.46. The summed E-state index contributed by atoms with van der Waals surface area (Å²) >= 11 is 0. The Morgan fingerprint density at radius 3 is 2.65 bits per heavy atom. The van der Waals surface area contributed by atoms with Gasteiger partial charge in [-0.2, -0.15) is 0 Å². The normalized spacial score (nSPS) is 17.1. The van der Waals surface area contributed by atoms with E-state index in [1.165, 1.54) is 5.56 Å². The molecule has 1 N–H and O–H groups in total. The maximum Gasteiger partial charge on any atom is 0.161 e. The Morgan fingerprint density at radius 2 is 2.00 bits per heavy atom. The zero-order chi connectivity index (χ0) is 14.4. The highest BCUT2D eigenvalue weighted by Crippen LogP contribution is 2.30. The van der Waals surface area contributed by atoms with Crippen molar-refractivity contribution in [2.45, 2.75) is 25.4 Å². The highest BCUT2D eigenvalue weighted by Gasteiger charge is 2.19. The zero-order valence-electron chi connectivity index (χ0n) is 12.8. The fourth-order valence-corrected chi connectivity index (χ4v) is 2.52. The van der Waals surface area contributed by atoms with Gasteiger partial charge in [0.1, 0.15) is 6.10 Å². The number of nitrogens with zero attached hydrogens (tertiary/aromatic N) is 1. The molecule has 1 aromatic carbocycles. The maximum atomic E-state index is 6.17. The summed E-state index contributed by atoms with van der Waals surface area (Å²) in [6, 6.07) is 6.24. The Morgan fingerprint density at radius 1 is 1.25 bits per heavy atom. The SMILES string of the molecule is CNCCc1ccc(OC)c(OC2CCN(C)CC2)c1. The predicted octanol–water partition coefficient (Wildman–Crippen LogP) is 1.93. The van der Waals surface area contributed by atoms with Gasteiger partial charge in [0.05, 0.1) is 7.11 Å². The number of hydrogen-bond acceptors (Lipinski definition) is 4. The van der Waals surface area contributed by atoms with Crippen LogP contribution in [0.25, 0.3) is 0 Å². The number of nitrogens with one attached hydrogen (secondary N) is 1. The third-order valence-electron chi connectivity index (χ3n) is 3.85. The largest absolute Gasteiger partial charge is 0.493 e. The smallest absolute Gasteiger partial charge is 0.161 e. The molecule has 0 spiro atoms. The molecular formula is C16H26N2O2. The molecule has 0 bridgehead atoms. The van der Waals surface area contributed by atoms with E-state index in [4.69, 9.17) is 9.47 Å². The molecule has 1 heterocycles. The highest BCUT2D eigenvalue weighted by atomic mass is 16.5. The first-order valence-corrected chi connectivity index (χ1v) is 7.39. The fourth-order valence-electron chi connectivity index (χ4n) is 2.52. The van der Waals surface area contributed by atoms with Crippen molar-refractivity contribution in [1.82, 2.24) is 10.2 Å². The van der Waals surface area contributed by atoms with Crippen LogP contribution in [0.3, 0.4) is 0 Å². The lowest BCUT2D eigenvalue weighted by Crippen LogP contribution is -2.35. The first-order valence-electron chi connectivity index (χ1n) is 7.39. The van der Waals surface area contributed by atoms with Crippen molar-refractivity contribution in [3.05, 3.63) is 23.8 Å². The average Bonchev–Trinajstić information content (AvgIpc) is 2.48. The van der Waals surface area contributed by atoms with Crippen molar-refractivity contribution in [1.29, 1.82) is 0 Å². The average molecular weight is 278 g/mol. The van der Waals surface area contributed by atoms with E-state index in [1.54, 1.807) is 7.11 Å². The second-order valence-electron chi connectivity index (χ2n) is 5.46. The van der Waals surface area contributed by atoms with E-state index in [9.17, 15) is 0 Å². The van der Waals surface area contributed by atoms with Gasteiger partial charge in [0.2, 0.25) is 0 Å². The number of ether oxygens (including phenoxy) is 2. The summed E-state index contributed by atoms with van der Waals surface area (Å²) in [6.45, 7) is 3.18. The first kappa shape index (κ1) is 15.1. The summed E-state index contributed by atoms with van der Waals surface area (Å²) in [5, 5.41) is 3.17. The van der Waals surface area contributed by atoms with Crippen molar-refractivity contribution in [2.75, 3.05) is 40.8 Å². The van der Waals surface area contributed by atoms with E-state index in [0.717, 1.165) is 50.4 Å². The molecule has 0 aliphatic carbocycles. The van der Waals surface area contributed by atoms with Gasteiger partial charge in [0.15, 0.2) is 11.5 Å². The minimum absolute atomic E-state index is 0.305. The first-order chi connectivity index (χ1) is 9.72. The van der Waals surface area contributed by atoms with Gasteiger partial charge in [0.25, 0.3) is 0 Å². The molecule has 1 saturated heterocycles. The Balaban J connectivity index is 2.03. The minimum atomic E-state index is 0.305. The van der Waals surface area contributed by atoms with Crippen LogP contribution in [-0.2, 0) is 6.42 Å². The number of methoxy groups -OCH3 is 1. The molecule has 1 aliphatic rings. The minimum Gasteiger partial charge on any atom is -0.493 e. The Bertz CT molecular complexity index is 415. The highest BCUT2D eigenvalue weighted by molar-refractivity contribution is 5.43. The summed E-state index contributed by atoms with van der Waals surface area (Å²) in [5.41, 5.74) is 1.28. The Labute approximate surface area is 122 Å². The van der Waals surface area contributed by atoms with Gasteiger partial charge < -0.3 is 19.7 Å². The van der Waals surface area contributed by atoms with Gasteiger partial charge in [-0.3, -0.25) is 0 Å². The lowest BCUT2D eigenvalue weighted by Gasteiger charge is -2.29. The van der Waals surface area contributed by atoms with Crippen LogP contribution in [0.4, 0.5) is 0 Å². The van der Waals surface area contributed by atoms with Gasteiger partial charge in [0, 0.05) is 13.1 Å². The molecule has 0 radical (unpaired) electrons. The number of piperidine rings is 1. The van der Waals surface area contributed by atoms with E-state index >= 15 is 0 Å². The number of likely N-dealkylation sites (tertiary alicyclic amines) is 1. The van der Waals surface area contributed by atoms with Crippen molar-refractivity contribution in [2.24, 2.45) is 0 Å². The molecule has 4 heteroatoms. The van der Waals surface area contributed by atoms with E-state index in [2.05, 4.69) is 29.4 Å². The molecule has 2 rings (SSSR count). The van der Waals surface area contributed by atoms with Gasteiger partial charge in [-0.1, -0.05) is 6.07 Å². The van der Waals surface area contributed by atoms with Crippen LogP contribution in [0.5, 0.6) is 11.5 Å². The molecule has 0 saturated carbocycles. The van der Waals surface area contributed by atoms with Crippen LogP contribution < -0.4 is 14.8 Å². The van der Waals surface area contributed by atoms with Crippen LogP contribution in [-0.4, -0.2) is 51.8 Å². The zero-order valence-corrected chi connectivity index (χ0v) is 12.8. The number of hydrogen-bond donors (Lipinski definition) is 1. The van der Waals surface area contributed by atoms with Crippen molar-refractivity contribution >= 4 is 0 Å². The lowest BCUT2D eigenvalue weighted by molar-refractivity contribution is 0.111. The summed E-state index contributed by atoms with van der Waals surface area (Å²) in [7, 11) is 5.83. The summed E-state index contributed by atoms with van der Waals surface area (Å²) in [5.74, 6) is 1.72. The van der Waals surface area contributed by atoms with Gasteiger partial charge in [-0.15, -0.1) is 0 Å². The van der Waals surface area contributed by atoms with Crippen LogP contribution in [0.15, 0.2) is 18.2 Å². The Hall–Kier alpha value is -1.26. The van der Waals surface area contributed by atoms with Crippen LogP contribution in [0.2, 0.25) is 0 Å². The molecule has 0 aromatic heterocycles. The van der Waals surface area contributed by atoms with E-state index in [-0.39, 0.29) is 0 Å². The summed E-state index contributed by atoms with van der Waals surface area (Å²) < 4.78 is 11.6. The molecule has 4 nitrogen and oxygen atoms in total. The van der Waals surface area contributed by atoms with E-state index < -0.39 is 0 Å². The standard InChI is InChI=1S/C16H26N2O2/c1-17-9-6-13-4-5-15(19-3)16(12-13)20-14-7-10-18(2)11-8-14/h4-5,12,14,17H,6-11H2,1-3H3. The quantitative estimate of drug-likeness (QED) is 0.862. The van der Waals surface area contributed by atoms with Crippen LogP contribution in [0.1, 0.15) is 18.4 Å². The summed E-state index contributed by atoms with van der Waals surface area (Å²) in [4.78, 5) is 2.35. The third kappa shape index (κ3) is 4.12. The van der Waals surface area contributed by atoms with Crippen molar-refractivity contribution in [3.8, 4) is 11.5 Å². The number of likely N-dealkylation sites (N-methyl/N-ethyl adjacent to an activating group) is 1. The fraction of sp³-hybridized carbons (Fsp3) is 0.625. The van der Waals surface area contributed by atoms with E-state index in [1.807, 2.05) is 13.1 Å². The Kier molecular flexibility index (Phi) is 5.68. The van der Waals surface area contributed by atoms with Crippen molar-refractivity contribution in [3.63, 3.8) is 0 Å². The lowest BCUT2D eigenvalue weighted by atomic mass is 10.1. The van der Waals surface area contributed by atoms with E-state index in [0.29, 0.717) is 6.10 Å². The van der Waals surface area contributed by atoms with Crippen LogP contribution in [0, 0.1) is 0 Å². The molecule has 20 heavy (non-hydrogen) atoms. The molecule has 0 amide bonds. The third-order valence-corrected chi connectivity index (χ3v) is 3.85. The van der Waals surface area contributed by atoms with Crippen molar-refractivity contribution < 1.29 is 9.47 Å². The molecule has 112 valence electrons. The van der Waals surface area contributed by atoms with Gasteiger partial charge in [-0.25, -0.2) is 0 Å². The second kappa shape index (κ2) is 7.50. The molecule has 1 fully saturated rings. The number of rotatable bonds is 6. The van der Waals surface area contributed by atoms with Crippen LogP contribution >= 0.6 is 0 Å². The molecule has 0 atom stereocenters. The number of benzene rings is 1. The molecule has 1 aliphatic heterocycles.